The Morgan fingerprint density at radius 3 is 2.06 bits per heavy atom. The first-order chi connectivity index (χ1) is 24.3. The van der Waals surface area contributed by atoms with Crippen LogP contribution in [0.5, 0.6) is 0 Å². The van der Waals surface area contributed by atoms with Gasteiger partial charge in [-0.3, -0.25) is 0 Å². The molecule has 0 aliphatic heterocycles. The van der Waals surface area contributed by atoms with Crippen LogP contribution in [-0.4, -0.2) is 0 Å². The lowest BCUT2D eigenvalue weighted by molar-refractivity contribution is 0.673. The highest BCUT2D eigenvalue weighted by Crippen LogP contribution is 2.46. The monoisotopic (exact) mass is 643 g/mol. The molecule has 49 heavy (non-hydrogen) atoms. The van der Waals surface area contributed by atoms with Crippen molar-refractivity contribution in [2.75, 3.05) is 4.90 Å². The number of benzene rings is 8. The molecular formula is C46H29NOS. The highest BCUT2D eigenvalue weighted by Gasteiger charge is 2.20. The number of nitrogens with zero attached hydrogens (tertiary/aromatic N) is 1. The van der Waals surface area contributed by atoms with Crippen LogP contribution in [0.4, 0.5) is 17.1 Å². The number of rotatable bonds is 5. The van der Waals surface area contributed by atoms with E-state index in [-0.39, 0.29) is 0 Å². The lowest BCUT2D eigenvalue weighted by Crippen LogP contribution is -2.10. The summed E-state index contributed by atoms with van der Waals surface area (Å²) in [4.78, 5) is 2.41. The second-order valence-electron chi connectivity index (χ2n) is 12.5. The molecule has 0 bridgehead atoms. The van der Waals surface area contributed by atoms with Crippen molar-refractivity contribution in [1.29, 1.82) is 0 Å². The zero-order valence-electron chi connectivity index (χ0n) is 26.5. The molecular weight excluding hydrogens is 615 g/mol. The van der Waals surface area contributed by atoms with Crippen LogP contribution in [0, 0.1) is 0 Å². The van der Waals surface area contributed by atoms with Gasteiger partial charge in [0.1, 0.15) is 11.2 Å². The molecule has 2 aromatic heterocycles. The average Bonchev–Trinajstić information content (AvgIpc) is 3.75. The first-order valence-electron chi connectivity index (χ1n) is 16.6. The van der Waals surface area contributed by atoms with E-state index in [4.69, 9.17) is 4.42 Å². The first kappa shape index (κ1) is 27.9. The fourth-order valence-corrected chi connectivity index (χ4v) is 8.54. The molecule has 0 N–H and O–H groups in total. The van der Waals surface area contributed by atoms with Crippen LogP contribution < -0.4 is 4.90 Å². The SMILES string of the molecule is c1ccc(-c2cccc(N(c3ccc(-c4cccc5oc6c7ccccc7ccc6c45)cc3)c3cccc4sc5ccccc5c34)c2)cc1. The number of hydrogen-bond donors (Lipinski definition) is 0. The Bertz CT molecular complexity index is 2830. The predicted octanol–water partition coefficient (Wildman–Crippen LogP) is 13.9. The molecule has 2 heterocycles. The first-order valence-corrected chi connectivity index (χ1v) is 17.4. The van der Waals surface area contributed by atoms with Gasteiger partial charge in [-0.2, -0.15) is 0 Å². The number of furan rings is 1. The van der Waals surface area contributed by atoms with Gasteiger partial charge in [0.25, 0.3) is 0 Å². The van der Waals surface area contributed by atoms with Crippen LogP contribution in [0.15, 0.2) is 180 Å². The van der Waals surface area contributed by atoms with E-state index in [2.05, 4.69) is 181 Å². The van der Waals surface area contributed by atoms with E-state index < -0.39 is 0 Å². The maximum atomic E-state index is 6.51. The standard InChI is InChI=1S/C46H29NOS/c1-2-11-30(12-3-1)33-14-8-15-35(29-33)47(40-19-10-22-43-45(40)38-17-6-7-21-42(38)49-43)34-26-23-32(24-27-34)36-18-9-20-41-44(36)39-28-25-31-13-4-5-16-37(31)46(39)48-41/h1-29H. The zero-order valence-corrected chi connectivity index (χ0v) is 27.3. The molecule has 3 heteroatoms. The fourth-order valence-electron chi connectivity index (χ4n) is 7.41. The molecule has 0 spiro atoms. The van der Waals surface area contributed by atoms with Gasteiger partial charge in [0.2, 0.25) is 0 Å². The molecule has 230 valence electrons. The molecule has 2 nitrogen and oxygen atoms in total. The fraction of sp³-hybridized carbons (Fsp3) is 0. The summed E-state index contributed by atoms with van der Waals surface area (Å²) < 4.78 is 9.09. The zero-order chi connectivity index (χ0) is 32.3. The summed E-state index contributed by atoms with van der Waals surface area (Å²) in [6.45, 7) is 0. The maximum Gasteiger partial charge on any atom is 0.143 e. The second kappa shape index (κ2) is 11.2. The molecule has 0 amide bonds. The van der Waals surface area contributed by atoms with Gasteiger partial charge in [0, 0.05) is 47.7 Å². The molecule has 10 aromatic rings. The third kappa shape index (κ3) is 4.55. The van der Waals surface area contributed by atoms with Gasteiger partial charge in [-0.25, -0.2) is 0 Å². The lowest BCUT2D eigenvalue weighted by atomic mass is 9.97. The smallest absolute Gasteiger partial charge is 0.143 e. The van der Waals surface area contributed by atoms with Crippen LogP contribution >= 0.6 is 11.3 Å². The van der Waals surface area contributed by atoms with Crippen LogP contribution in [-0.2, 0) is 0 Å². The summed E-state index contributed by atoms with van der Waals surface area (Å²) in [6, 6.07) is 63.2. The predicted molar refractivity (Wildman–Crippen MR) is 210 cm³/mol. The molecule has 0 saturated heterocycles. The Balaban J connectivity index is 1.16. The summed E-state index contributed by atoms with van der Waals surface area (Å²) in [5, 5.41) is 7.18. The third-order valence-electron chi connectivity index (χ3n) is 9.66. The number of anilines is 3. The van der Waals surface area contributed by atoms with Gasteiger partial charge in [-0.15, -0.1) is 11.3 Å². The van der Waals surface area contributed by atoms with E-state index in [1.165, 1.54) is 47.9 Å². The van der Waals surface area contributed by atoms with Crippen LogP contribution in [0.2, 0.25) is 0 Å². The maximum absolute atomic E-state index is 6.51. The highest BCUT2D eigenvalue weighted by molar-refractivity contribution is 7.26. The van der Waals surface area contributed by atoms with E-state index in [0.717, 1.165) is 44.3 Å². The summed E-state index contributed by atoms with van der Waals surface area (Å²) in [7, 11) is 0. The van der Waals surface area contributed by atoms with Gasteiger partial charge < -0.3 is 9.32 Å². The van der Waals surface area contributed by atoms with Crippen LogP contribution in [0.1, 0.15) is 0 Å². The van der Waals surface area contributed by atoms with Crippen molar-refractivity contribution < 1.29 is 4.42 Å². The normalized spacial score (nSPS) is 11.7. The Kier molecular flexibility index (Phi) is 6.39. The Labute approximate surface area is 287 Å². The summed E-state index contributed by atoms with van der Waals surface area (Å²) in [5.41, 5.74) is 9.95. The van der Waals surface area contributed by atoms with Crippen molar-refractivity contribution in [3.8, 4) is 22.3 Å². The minimum atomic E-state index is 0.906. The quantitative estimate of drug-likeness (QED) is 0.186. The summed E-state index contributed by atoms with van der Waals surface area (Å²) >= 11 is 1.85. The second-order valence-corrected chi connectivity index (χ2v) is 13.6. The van der Waals surface area contributed by atoms with E-state index in [9.17, 15) is 0 Å². The number of hydrogen-bond acceptors (Lipinski definition) is 3. The van der Waals surface area contributed by atoms with Crippen LogP contribution in [0.3, 0.4) is 0 Å². The van der Waals surface area contributed by atoms with Gasteiger partial charge in [-0.1, -0.05) is 121 Å². The molecule has 0 saturated carbocycles. The Hall–Kier alpha value is -6.16. The van der Waals surface area contributed by atoms with Crippen molar-refractivity contribution in [3.05, 3.63) is 176 Å². The Morgan fingerprint density at radius 1 is 0.429 bits per heavy atom. The van der Waals surface area contributed by atoms with Gasteiger partial charge in [0.05, 0.1) is 5.69 Å². The molecule has 0 atom stereocenters. The van der Waals surface area contributed by atoms with Gasteiger partial charge >= 0.3 is 0 Å². The van der Waals surface area contributed by atoms with E-state index >= 15 is 0 Å². The minimum absolute atomic E-state index is 0.906. The van der Waals surface area contributed by atoms with E-state index in [1.807, 2.05) is 11.3 Å². The third-order valence-corrected chi connectivity index (χ3v) is 10.8. The molecule has 8 aromatic carbocycles. The molecule has 0 unspecified atom stereocenters. The van der Waals surface area contributed by atoms with Crippen molar-refractivity contribution >= 4 is 81.3 Å². The van der Waals surface area contributed by atoms with E-state index in [0.29, 0.717) is 0 Å². The van der Waals surface area contributed by atoms with Gasteiger partial charge in [0.15, 0.2) is 0 Å². The van der Waals surface area contributed by atoms with Crippen molar-refractivity contribution in [2.45, 2.75) is 0 Å². The van der Waals surface area contributed by atoms with E-state index in [1.54, 1.807) is 0 Å². The molecule has 0 aliphatic carbocycles. The Morgan fingerprint density at radius 2 is 1.16 bits per heavy atom. The van der Waals surface area contributed by atoms with Gasteiger partial charge in [-0.05, 0) is 82.2 Å². The van der Waals surface area contributed by atoms with Crippen molar-refractivity contribution in [1.82, 2.24) is 0 Å². The van der Waals surface area contributed by atoms with Crippen LogP contribution in [0.25, 0.3) is 75.1 Å². The molecule has 0 aliphatic rings. The molecule has 0 radical (unpaired) electrons. The summed E-state index contributed by atoms with van der Waals surface area (Å²) in [6.07, 6.45) is 0. The molecule has 0 fully saturated rings. The lowest BCUT2D eigenvalue weighted by Gasteiger charge is -2.27. The van der Waals surface area contributed by atoms with Crippen molar-refractivity contribution in [3.63, 3.8) is 0 Å². The number of fused-ring (bicyclic) bond motifs is 8. The largest absolute Gasteiger partial charge is 0.455 e. The minimum Gasteiger partial charge on any atom is -0.455 e. The average molecular weight is 644 g/mol. The molecule has 10 rings (SSSR count). The summed E-state index contributed by atoms with van der Waals surface area (Å²) in [5.74, 6) is 0. The number of thiophene rings is 1. The topological polar surface area (TPSA) is 16.4 Å². The highest BCUT2D eigenvalue weighted by atomic mass is 32.1. The van der Waals surface area contributed by atoms with Crippen molar-refractivity contribution in [2.24, 2.45) is 0 Å².